The van der Waals surface area contributed by atoms with E-state index in [0.29, 0.717) is 23.2 Å². The Hall–Kier alpha value is -1.92. The summed E-state index contributed by atoms with van der Waals surface area (Å²) >= 11 is 6.99. The van der Waals surface area contributed by atoms with Crippen molar-refractivity contribution in [1.29, 1.82) is 0 Å². The maximum atomic E-state index is 12.4. The van der Waals surface area contributed by atoms with Crippen LogP contribution < -0.4 is 10.6 Å². The smallest absolute Gasteiger partial charge is 0.341 e. The predicted octanol–water partition coefficient (Wildman–Crippen LogP) is 6.09. The number of rotatable bonds is 10. The van der Waals surface area contributed by atoms with Crippen LogP contribution in [0.15, 0.2) is 36.4 Å². The van der Waals surface area contributed by atoms with Gasteiger partial charge in [-0.15, -0.1) is 11.3 Å². The molecular weight excluding hydrogens is 388 g/mol. The molecule has 2 rings (SSSR count). The summed E-state index contributed by atoms with van der Waals surface area (Å²) < 4.78 is 5.22. The Bertz CT molecular complexity index is 759. The van der Waals surface area contributed by atoms with Crippen molar-refractivity contribution in [3.8, 4) is 10.4 Å². The SMILES string of the molecule is CCCCC(CC)CNC(=S)Nc1sc(-c2ccccc2)cc1C(=O)OCC. The molecule has 2 N–H and O–H groups in total. The van der Waals surface area contributed by atoms with Crippen LogP contribution in [0.5, 0.6) is 0 Å². The lowest BCUT2D eigenvalue weighted by Crippen LogP contribution is -2.33. The summed E-state index contributed by atoms with van der Waals surface area (Å²) in [4.78, 5) is 13.4. The summed E-state index contributed by atoms with van der Waals surface area (Å²) in [5.74, 6) is 0.271. The molecule has 152 valence electrons. The van der Waals surface area contributed by atoms with Gasteiger partial charge >= 0.3 is 5.97 Å². The van der Waals surface area contributed by atoms with Crippen molar-refractivity contribution in [2.45, 2.75) is 46.5 Å². The van der Waals surface area contributed by atoms with Crippen LogP contribution in [0, 0.1) is 5.92 Å². The second-order valence-electron chi connectivity index (χ2n) is 6.69. The minimum absolute atomic E-state index is 0.333. The number of benzene rings is 1. The number of thiophene rings is 1. The fourth-order valence-corrected chi connectivity index (χ4v) is 4.22. The summed E-state index contributed by atoms with van der Waals surface area (Å²) in [6.45, 7) is 7.41. The van der Waals surface area contributed by atoms with Gasteiger partial charge in [-0.25, -0.2) is 4.79 Å². The van der Waals surface area contributed by atoms with Gasteiger partial charge in [0.15, 0.2) is 5.11 Å². The van der Waals surface area contributed by atoms with Gasteiger partial charge in [-0.3, -0.25) is 0 Å². The third kappa shape index (κ3) is 6.60. The van der Waals surface area contributed by atoms with Crippen LogP contribution in [0.3, 0.4) is 0 Å². The van der Waals surface area contributed by atoms with Gasteiger partial charge in [-0.05, 0) is 43.1 Å². The van der Waals surface area contributed by atoms with Gasteiger partial charge in [-0.2, -0.15) is 0 Å². The Balaban J connectivity index is 2.11. The van der Waals surface area contributed by atoms with Crippen molar-refractivity contribution in [3.63, 3.8) is 0 Å². The third-order valence-corrected chi connectivity index (χ3v) is 5.95. The summed E-state index contributed by atoms with van der Waals surface area (Å²) in [5.41, 5.74) is 1.59. The summed E-state index contributed by atoms with van der Waals surface area (Å²) in [7, 11) is 0. The standard InChI is InChI=1S/C22H30N2O2S2/c1-4-7-11-16(5-2)15-23-22(27)24-20-18(21(25)26-6-3)14-19(28-20)17-12-9-8-10-13-17/h8-10,12-14,16H,4-7,11,15H2,1-3H3,(H2,23,24,27). The van der Waals surface area contributed by atoms with E-state index in [0.717, 1.165) is 28.4 Å². The Morgan fingerprint density at radius 2 is 1.96 bits per heavy atom. The molecule has 1 heterocycles. The lowest BCUT2D eigenvalue weighted by atomic mass is 9.99. The fraction of sp³-hybridized carbons (Fsp3) is 0.455. The Morgan fingerprint density at radius 3 is 2.61 bits per heavy atom. The van der Waals surface area contributed by atoms with Crippen molar-refractivity contribution in [2.75, 3.05) is 18.5 Å². The molecule has 0 radical (unpaired) electrons. The molecule has 1 atom stereocenters. The molecule has 1 aromatic carbocycles. The number of nitrogens with one attached hydrogen (secondary N) is 2. The molecule has 0 bridgehead atoms. The average molecular weight is 419 g/mol. The first-order valence-corrected chi connectivity index (χ1v) is 11.2. The van der Waals surface area contributed by atoms with E-state index < -0.39 is 0 Å². The molecule has 6 heteroatoms. The topological polar surface area (TPSA) is 50.4 Å². The second-order valence-corrected chi connectivity index (χ2v) is 8.15. The molecule has 0 fully saturated rings. The number of anilines is 1. The highest BCUT2D eigenvalue weighted by atomic mass is 32.1. The number of hydrogen-bond donors (Lipinski definition) is 2. The normalized spacial score (nSPS) is 11.7. The monoisotopic (exact) mass is 418 g/mol. The Morgan fingerprint density at radius 1 is 1.21 bits per heavy atom. The molecule has 0 saturated carbocycles. The van der Waals surface area contributed by atoms with Crippen LogP contribution in [-0.4, -0.2) is 24.2 Å². The maximum absolute atomic E-state index is 12.4. The number of thiocarbonyl (C=S) groups is 1. The Kier molecular flexibility index (Phi) is 9.44. The van der Waals surface area contributed by atoms with Gasteiger partial charge < -0.3 is 15.4 Å². The van der Waals surface area contributed by atoms with Gasteiger partial charge in [-0.1, -0.05) is 63.4 Å². The summed E-state index contributed by atoms with van der Waals surface area (Å²) in [6, 6.07) is 11.9. The van der Waals surface area contributed by atoms with E-state index in [1.165, 1.54) is 30.6 Å². The molecule has 2 aromatic rings. The molecule has 4 nitrogen and oxygen atoms in total. The number of esters is 1. The molecule has 0 saturated heterocycles. The van der Waals surface area contributed by atoms with E-state index in [1.807, 2.05) is 43.3 Å². The van der Waals surface area contributed by atoms with Gasteiger partial charge in [0.25, 0.3) is 0 Å². The minimum atomic E-state index is -0.333. The van der Waals surface area contributed by atoms with Crippen LogP contribution >= 0.6 is 23.6 Å². The van der Waals surface area contributed by atoms with E-state index in [4.69, 9.17) is 17.0 Å². The largest absolute Gasteiger partial charge is 0.462 e. The lowest BCUT2D eigenvalue weighted by molar-refractivity contribution is 0.0528. The van der Waals surface area contributed by atoms with Crippen LogP contribution in [0.2, 0.25) is 0 Å². The van der Waals surface area contributed by atoms with E-state index in [-0.39, 0.29) is 5.97 Å². The summed E-state index contributed by atoms with van der Waals surface area (Å²) in [5, 5.41) is 7.79. The van der Waals surface area contributed by atoms with Gasteiger partial charge in [0.2, 0.25) is 0 Å². The highest BCUT2D eigenvalue weighted by Crippen LogP contribution is 2.35. The van der Waals surface area contributed by atoms with E-state index in [9.17, 15) is 4.79 Å². The molecule has 0 aliphatic heterocycles. The number of unbranched alkanes of at least 4 members (excludes halogenated alkanes) is 1. The minimum Gasteiger partial charge on any atom is -0.462 e. The zero-order chi connectivity index (χ0) is 20.4. The maximum Gasteiger partial charge on any atom is 0.341 e. The molecule has 0 aliphatic rings. The predicted molar refractivity (Wildman–Crippen MR) is 123 cm³/mol. The zero-order valence-corrected chi connectivity index (χ0v) is 18.6. The van der Waals surface area contributed by atoms with Crippen molar-refractivity contribution < 1.29 is 9.53 Å². The van der Waals surface area contributed by atoms with E-state index in [2.05, 4.69) is 24.5 Å². The second kappa shape index (κ2) is 11.8. The quantitative estimate of drug-likeness (QED) is 0.361. The van der Waals surface area contributed by atoms with Crippen LogP contribution in [0.1, 0.15) is 56.8 Å². The van der Waals surface area contributed by atoms with Crippen LogP contribution in [0.25, 0.3) is 10.4 Å². The number of carbonyl (C=O) groups excluding carboxylic acids is 1. The number of carbonyl (C=O) groups is 1. The van der Waals surface area contributed by atoms with Crippen molar-refractivity contribution in [3.05, 3.63) is 42.0 Å². The Labute approximate surface area is 177 Å². The third-order valence-electron chi connectivity index (χ3n) is 4.61. The molecule has 1 aromatic heterocycles. The molecule has 0 aliphatic carbocycles. The number of ether oxygens (including phenoxy) is 1. The zero-order valence-electron chi connectivity index (χ0n) is 16.9. The summed E-state index contributed by atoms with van der Waals surface area (Å²) in [6.07, 6.45) is 4.77. The van der Waals surface area contributed by atoms with Gasteiger partial charge in [0.05, 0.1) is 12.2 Å². The van der Waals surface area contributed by atoms with E-state index >= 15 is 0 Å². The number of hydrogen-bond acceptors (Lipinski definition) is 4. The molecular formula is C22H30N2O2S2. The van der Waals surface area contributed by atoms with Crippen LogP contribution in [-0.2, 0) is 4.74 Å². The first-order valence-electron chi connectivity index (χ1n) is 10.00. The highest BCUT2D eigenvalue weighted by Gasteiger charge is 2.19. The van der Waals surface area contributed by atoms with E-state index in [1.54, 1.807) is 0 Å². The highest BCUT2D eigenvalue weighted by molar-refractivity contribution is 7.80. The van der Waals surface area contributed by atoms with Crippen molar-refractivity contribution in [1.82, 2.24) is 5.32 Å². The van der Waals surface area contributed by atoms with Crippen molar-refractivity contribution in [2.24, 2.45) is 5.92 Å². The fourth-order valence-electron chi connectivity index (χ4n) is 2.92. The molecule has 0 amide bonds. The first kappa shape index (κ1) is 22.4. The average Bonchev–Trinajstić information content (AvgIpc) is 3.13. The first-order chi connectivity index (χ1) is 13.6. The van der Waals surface area contributed by atoms with Gasteiger partial charge in [0.1, 0.15) is 5.00 Å². The van der Waals surface area contributed by atoms with Crippen LogP contribution in [0.4, 0.5) is 5.00 Å². The molecule has 1 unspecified atom stereocenters. The lowest BCUT2D eigenvalue weighted by Gasteiger charge is -2.17. The van der Waals surface area contributed by atoms with Crippen molar-refractivity contribution >= 4 is 39.6 Å². The molecule has 28 heavy (non-hydrogen) atoms. The van der Waals surface area contributed by atoms with Gasteiger partial charge in [0, 0.05) is 11.4 Å². The molecule has 0 spiro atoms.